The molecule has 3 aromatic carbocycles. The fourth-order valence-electron chi connectivity index (χ4n) is 4.99. The average Bonchev–Trinajstić information content (AvgIpc) is 3.33. The van der Waals surface area contributed by atoms with Crippen LogP contribution in [0.4, 0.5) is 0 Å². The van der Waals surface area contributed by atoms with Crippen LogP contribution in [0.3, 0.4) is 0 Å². The quantitative estimate of drug-likeness (QED) is 0.383. The van der Waals surface area contributed by atoms with Crippen molar-refractivity contribution in [2.45, 2.75) is 37.1 Å². The van der Waals surface area contributed by atoms with E-state index >= 15 is 0 Å². The van der Waals surface area contributed by atoms with Gasteiger partial charge in [0.2, 0.25) is 10.0 Å². The maximum Gasteiger partial charge on any atom is 0.281 e. The van der Waals surface area contributed by atoms with E-state index in [1.54, 1.807) is 16.8 Å². The summed E-state index contributed by atoms with van der Waals surface area (Å²) in [4.78, 5) is 20.7. The Morgan fingerprint density at radius 1 is 1.03 bits per heavy atom. The molecule has 1 N–H and O–H groups in total. The van der Waals surface area contributed by atoms with E-state index in [0.717, 1.165) is 22.9 Å². The van der Waals surface area contributed by atoms with Gasteiger partial charge in [0, 0.05) is 24.4 Å². The molecule has 37 heavy (non-hydrogen) atoms. The average molecular weight is 515 g/mol. The van der Waals surface area contributed by atoms with E-state index in [0.29, 0.717) is 41.3 Å². The van der Waals surface area contributed by atoms with Gasteiger partial charge in [-0.15, -0.1) is 5.10 Å². The molecule has 0 amide bonds. The van der Waals surface area contributed by atoms with Gasteiger partial charge in [-0.2, -0.15) is 4.31 Å². The third-order valence-electron chi connectivity index (χ3n) is 6.98. The second-order valence-electron chi connectivity index (χ2n) is 9.54. The van der Waals surface area contributed by atoms with Crippen LogP contribution in [-0.2, 0) is 16.6 Å². The van der Waals surface area contributed by atoms with Crippen LogP contribution in [0.25, 0.3) is 21.9 Å². The summed E-state index contributed by atoms with van der Waals surface area (Å²) in [6, 6.07) is 20.9. The summed E-state index contributed by atoms with van der Waals surface area (Å²) in [5.74, 6) is 0.209. The molecule has 0 saturated carbocycles. The zero-order valence-electron chi connectivity index (χ0n) is 20.3. The van der Waals surface area contributed by atoms with E-state index < -0.39 is 10.0 Å². The number of hydrogen-bond acceptors (Lipinski definition) is 6. The highest BCUT2D eigenvalue weighted by atomic mass is 32.2. The Morgan fingerprint density at radius 3 is 2.65 bits per heavy atom. The Kier molecular flexibility index (Phi) is 5.85. The molecular weight excluding hydrogens is 488 g/mol. The highest BCUT2D eigenvalue weighted by molar-refractivity contribution is 7.89. The van der Waals surface area contributed by atoms with E-state index in [-0.39, 0.29) is 23.5 Å². The number of aryl methyl sites for hydroxylation is 1. The van der Waals surface area contributed by atoms with Gasteiger partial charge in [-0.1, -0.05) is 71.4 Å². The predicted molar refractivity (Wildman–Crippen MR) is 141 cm³/mol. The summed E-state index contributed by atoms with van der Waals surface area (Å²) in [5, 5.41) is 9.78. The van der Waals surface area contributed by atoms with E-state index in [2.05, 4.69) is 15.3 Å². The molecule has 5 aromatic rings. The molecule has 0 unspecified atom stereocenters. The van der Waals surface area contributed by atoms with E-state index in [9.17, 15) is 13.2 Å². The lowest BCUT2D eigenvalue weighted by molar-refractivity contribution is 0.309. The van der Waals surface area contributed by atoms with E-state index in [1.807, 2.05) is 61.5 Å². The summed E-state index contributed by atoms with van der Waals surface area (Å²) in [7, 11) is -3.74. The molecule has 1 atom stereocenters. The van der Waals surface area contributed by atoms with Crippen LogP contribution in [0.2, 0.25) is 0 Å². The zero-order chi connectivity index (χ0) is 25.6. The lowest BCUT2D eigenvalue weighted by Gasteiger charge is -2.31. The van der Waals surface area contributed by atoms with Crippen molar-refractivity contribution in [2.24, 2.45) is 0 Å². The maximum atomic E-state index is 13.7. The number of nitrogens with zero attached hydrogens (tertiary/aromatic N) is 5. The number of piperidine rings is 1. The number of fused-ring (bicyclic) bond motifs is 2. The first kappa shape index (κ1) is 23.5. The van der Waals surface area contributed by atoms with Gasteiger partial charge in [0.05, 0.1) is 11.4 Å². The summed E-state index contributed by atoms with van der Waals surface area (Å²) < 4.78 is 30.5. The largest absolute Gasteiger partial charge is 0.308 e. The highest BCUT2D eigenvalue weighted by Gasteiger charge is 2.33. The lowest BCUT2D eigenvalue weighted by atomic mass is 9.99. The van der Waals surface area contributed by atoms with Gasteiger partial charge in [-0.3, -0.25) is 4.79 Å². The molecule has 3 heterocycles. The second kappa shape index (κ2) is 9.20. The summed E-state index contributed by atoms with van der Waals surface area (Å²) >= 11 is 0. The Morgan fingerprint density at radius 2 is 1.81 bits per heavy atom. The third kappa shape index (κ3) is 4.32. The molecular formula is C27H26N6O3S. The number of aromatic amines is 1. The molecule has 0 radical (unpaired) electrons. The first-order chi connectivity index (χ1) is 17.9. The third-order valence-corrected chi connectivity index (χ3v) is 8.91. The zero-order valence-corrected chi connectivity index (χ0v) is 21.1. The summed E-state index contributed by atoms with van der Waals surface area (Å²) in [6.07, 6.45) is 1.38. The Balaban J connectivity index is 1.33. The highest BCUT2D eigenvalue weighted by Crippen LogP contribution is 2.31. The number of benzene rings is 3. The first-order valence-corrected chi connectivity index (χ1v) is 13.7. The van der Waals surface area contributed by atoms with Gasteiger partial charge < -0.3 is 4.98 Å². The van der Waals surface area contributed by atoms with Crippen LogP contribution in [0.15, 0.2) is 76.4 Å². The standard InChI is InChI=1S/C27H26N6O3S/c1-18-11-13-19(14-12-18)16-33-26-24(30-31-33)27(34)29-25(28-26)21-8-5-15-32(17-21)37(35,36)23-10-4-7-20-6-2-3-9-22(20)23/h2-4,6-7,9-14,21H,5,8,15-17H2,1H3,(H,28,29,34)/t21-/m1/s1. The molecule has 1 aliphatic rings. The number of nitrogens with one attached hydrogen (secondary N) is 1. The van der Waals surface area contributed by atoms with Crippen molar-refractivity contribution in [3.05, 3.63) is 94.0 Å². The van der Waals surface area contributed by atoms with Crippen molar-refractivity contribution in [1.29, 1.82) is 0 Å². The van der Waals surface area contributed by atoms with Crippen LogP contribution < -0.4 is 5.56 Å². The summed E-state index contributed by atoms with van der Waals surface area (Å²) in [6.45, 7) is 3.11. The van der Waals surface area contributed by atoms with Crippen LogP contribution in [-0.4, -0.2) is 50.8 Å². The predicted octanol–water partition coefficient (Wildman–Crippen LogP) is 3.59. The topological polar surface area (TPSA) is 114 Å². The van der Waals surface area contributed by atoms with Gasteiger partial charge >= 0.3 is 0 Å². The number of rotatable bonds is 5. The van der Waals surface area contributed by atoms with E-state index in [1.165, 1.54) is 4.31 Å². The Bertz CT molecular complexity index is 1770. The number of H-pyrrole nitrogens is 1. The van der Waals surface area contributed by atoms with Gasteiger partial charge in [-0.25, -0.2) is 18.1 Å². The minimum absolute atomic E-state index is 0.173. The Hall–Kier alpha value is -3.89. The van der Waals surface area contributed by atoms with E-state index in [4.69, 9.17) is 4.98 Å². The molecule has 9 nitrogen and oxygen atoms in total. The van der Waals surface area contributed by atoms with Crippen LogP contribution >= 0.6 is 0 Å². The molecule has 188 valence electrons. The molecule has 0 aliphatic carbocycles. The first-order valence-electron chi connectivity index (χ1n) is 12.3. The molecule has 2 aromatic heterocycles. The van der Waals surface area contributed by atoms with Crippen molar-refractivity contribution in [3.63, 3.8) is 0 Å². The smallest absolute Gasteiger partial charge is 0.281 e. The van der Waals surface area contributed by atoms with Gasteiger partial charge in [0.15, 0.2) is 11.2 Å². The summed E-state index contributed by atoms with van der Waals surface area (Å²) in [5.41, 5.74) is 2.37. The fourth-order valence-corrected chi connectivity index (χ4v) is 6.73. The van der Waals surface area contributed by atoms with Crippen molar-refractivity contribution >= 4 is 32.0 Å². The maximum absolute atomic E-state index is 13.7. The molecule has 1 aliphatic heterocycles. The van der Waals surface area contributed by atoms with Gasteiger partial charge in [0.1, 0.15) is 5.82 Å². The molecule has 0 bridgehead atoms. The molecule has 6 rings (SSSR count). The normalized spacial score (nSPS) is 16.9. The fraction of sp³-hybridized carbons (Fsp3) is 0.259. The minimum atomic E-state index is -3.74. The van der Waals surface area contributed by atoms with Crippen LogP contribution in [0.5, 0.6) is 0 Å². The van der Waals surface area contributed by atoms with Crippen LogP contribution in [0.1, 0.15) is 35.7 Å². The Labute approximate surface area is 213 Å². The molecule has 1 saturated heterocycles. The van der Waals surface area contributed by atoms with Crippen LogP contribution in [0, 0.1) is 6.92 Å². The van der Waals surface area contributed by atoms with Gasteiger partial charge in [-0.05, 0) is 36.8 Å². The van der Waals surface area contributed by atoms with Crippen molar-refractivity contribution < 1.29 is 8.42 Å². The monoisotopic (exact) mass is 514 g/mol. The minimum Gasteiger partial charge on any atom is -0.308 e. The number of hydrogen-bond donors (Lipinski definition) is 1. The number of aromatic nitrogens is 5. The molecule has 0 spiro atoms. The van der Waals surface area contributed by atoms with Gasteiger partial charge in [0.25, 0.3) is 5.56 Å². The van der Waals surface area contributed by atoms with Crippen molar-refractivity contribution in [1.82, 2.24) is 29.3 Å². The number of sulfonamides is 1. The van der Waals surface area contributed by atoms with Crippen molar-refractivity contribution in [2.75, 3.05) is 13.1 Å². The second-order valence-corrected chi connectivity index (χ2v) is 11.4. The molecule has 10 heteroatoms. The SMILES string of the molecule is Cc1ccc(Cn2nnc3c(=O)[nH]c([C@@H]4CCCN(S(=O)(=O)c5cccc6ccccc56)C4)nc32)cc1. The molecule has 1 fully saturated rings. The lowest BCUT2D eigenvalue weighted by Crippen LogP contribution is -2.40. The van der Waals surface area contributed by atoms with Crippen molar-refractivity contribution in [3.8, 4) is 0 Å².